The number of benzene rings is 2. The molecule has 4 heteroatoms. The molecule has 0 atom stereocenters. The molecule has 2 aromatic rings. The Labute approximate surface area is 124 Å². The third-order valence-electron chi connectivity index (χ3n) is 3.24. The van der Waals surface area contributed by atoms with E-state index in [1.165, 1.54) is 13.2 Å². The Morgan fingerprint density at radius 1 is 1.19 bits per heavy atom. The largest absolute Gasteiger partial charge is 0.497 e. The van der Waals surface area contributed by atoms with Crippen molar-refractivity contribution in [3.05, 3.63) is 59.9 Å². The van der Waals surface area contributed by atoms with Gasteiger partial charge >= 0.3 is 0 Å². The van der Waals surface area contributed by atoms with E-state index in [-0.39, 0.29) is 5.82 Å². The molecule has 0 bridgehead atoms. The quantitative estimate of drug-likeness (QED) is 0.810. The number of ether oxygens (including phenoxy) is 1. The van der Waals surface area contributed by atoms with Crippen LogP contribution < -0.4 is 9.64 Å². The first-order valence-electron chi connectivity index (χ1n) is 6.74. The number of hydrogen-bond acceptors (Lipinski definition) is 3. The summed E-state index contributed by atoms with van der Waals surface area (Å²) in [4.78, 5) is 1.99. The van der Waals surface area contributed by atoms with Crippen molar-refractivity contribution in [2.45, 2.75) is 13.0 Å². The van der Waals surface area contributed by atoms with Gasteiger partial charge in [-0.1, -0.05) is 24.3 Å². The van der Waals surface area contributed by atoms with Crippen molar-refractivity contribution >= 4 is 5.69 Å². The van der Waals surface area contributed by atoms with Crippen LogP contribution in [0.25, 0.3) is 0 Å². The second kappa shape index (κ2) is 7.30. The van der Waals surface area contributed by atoms with Gasteiger partial charge in [0.25, 0.3) is 0 Å². The van der Waals surface area contributed by atoms with Gasteiger partial charge in [0.15, 0.2) is 0 Å². The number of halogens is 1. The summed E-state index contributed by atoms with van der Waals surface area (Å²) < 4.78 is 19.1. The van der Waals surface area contributed by atoms with Crippen LogP contribution in [-0.4, -0.2) is 13.7 Å². The molecule has 2 rings (SSSR count). The second-order valence-electron chi connectivity index (χ2n) is 4.62. The molecule has 0 aromatic heterocycles. The van der Waals surface area contributed by atoms with Crippen LogP contribution in [0.5, 0.6) is 5.75 Å². The van der Waals surface area contributed by atoms with Gasteiger partial charge in [0, 0.05) is 30.4 Å². The summed E-state index contributed by atoms with van der Waals surface area (Å²) in [5.41, 5.74) is 1.56. The molecular formula is C17H17FN2O. The third-order valence-corrected chi connectivity index (χ3v) is 3.24. The van der Waals surface area contributed by atoms with Crippen molar-refractivity contribution in [3.8, 4) is 11.8 Å². The average molecular weight is 284 g/mol. The molecule has 0 aliphatic rings. The first-order valence-corrected chi connectivity index (χ1v) is 6.74. The van der Waals surface area contributed by atoms with Gasteiger partial charge < -0.3 is 9.64 Å². The van der Waals surface area contributed by atoms with Gasteiger partial charge in [0.1, 0.15) is 11.6 Å². The molecule has 0 N–H and O–H groups in total. The maximum absolute atomic E-state index is 14.1. The topological polar surface area (TPSA) is 36.3 Å². The van der Waals surface area contributed by atoms with Gasteiger partial charge in [0.2, 0.25) is 0 Å². The smallest absolute Gasteiger partial charge is 0.131 e. The maximum atomic E-state index is 14.1. The van der Waals surface area contributed by atoms with Crippen molar-refractivity contribution < 1.29 is 9.13 Å². The van der Waals surface area contributed by atoms with Crippen molar-refractivity contribution in [1.82, 2.24) is 0 Å². The highest BCUT2D eigenvalue weighted by Crippen LogP contribution is 2.21. The van der Waals surface area contributed by atoms with Crippen LogP contribution in [-0.2, 0) is 6.54 Å². The first-order chi connectivity index (χ1) is 10.2. The van der Waals surface area contributed by atoms with Crippen LogP contribution >= 0.6 is 0 Å². The van der Waals surface area contributed by atoms with E-state index in [0.717, 1.165) is 5.69 Å². The summed E-state index contributed by atoms with van der Waals surface area (Å²) in [5.74, 6) is 0.201. The first kappa shape index (κ1) is 14.9. The van der Waals surface area contributed by atoms with E-state index < -0.39 is 0 Å². The molecule has 0 amide bonds. The van der Waals surface area contributed by atoms with E-state index in [0.29, 0.717) is 30.8 Å². The predicted molar refractivity (Wildman–Crippen MR) is 80.7 cm³/mol. The highest BCUT2D eigenvalue weighted by molar-refractivity contribution is 5.47. The fraction of sp³-hybridized carbons (Fsp3) is 0.235. The zero-order valence-electron chi connectivity index (χ0n) is 11.9. The molecule has 0 spiro atoms. The van der Waals surface area contributed by atoms with Crippen molar-refractivity contribution in [1.29, 1.82) is 5.26 Å². The Morgan fingerprint density at radius 3 is 2.57 bits per heavy atom. The van der Waals surface area contributed by atoms with Crippen molar-refractivity contribution in [2.75, 3.05) is 18.6 Å². The minimum absolute atomic E-state index is 0.299. The molecule has 21 heavy (non-hydrogen) atoms. The summed E-state index contributed by atoms with van der Waals surface area (Å²) in [7, 11) is 1.51. The van der Waals surface area contributed by atoms with Crippen LogP contribution in [0.2, 0.25) is 0 Å². The van der Waals surface area contributed by atoms with Crippen LogP contribution in [0.3, 0.4) is 0 Å². The molecule has 0 radical (unpaired) electrons. The molecule has 2 aromatic carbocycles. The Bertz CT molecular complexity index is 622. The average Bonchev–Trinajstić information content (AvgIpc) is 2.53. The Balaban J connectivity index is 2.21. The summed E-state index contributed by atoms with van der Waals surface area (Å²) in [6.07, 6.45) is 0.396. The van der Waals surface area contributed by atoms with E-state index in [4.69, 9.17) is 10.00 Å². The fourth-order valence-corrected chi connectivity index (χ4v) is 2.11. The van der Waals surface area contributed by atoms with Crippen LogP contribution in [0.4, 0.5) is 10.1 Å². The number of hydrogen-bond donors (Lipinski definition) is 0. The number of nitrogens with zero attached hydrogens (tertiary/aromatic N) is 2. The molecule has 0 saturated heterocycles. The van der Waals surface area contributed by atoms with Gasteiger partial charge in [-0.05, 0) is 18.2 Å². The van der Waals surface area contributed by atoms with Crippen molar-refractivity contribution in [3.63, 3.8) is 0 Å². The molecule has 0 saturated carbocycles. The zero-order valence-corrected chi connectivity index (χ0v) is 11.9. The molecule has 0 aliphatic carbocycles. The molecule has 0 fully saturated rings. The highest BCUT2D eigenvalue weighted by atomic mass is 19.1. The van der Waals surface area contributed by atoms with Gasteiger partial charge in [-0.3, -0.25) is 0 Å². The lowest BCUT2D eigenvalue weighted by Crippen LogP contribution is -2.24. The molecule has 108 valence electrons. The number of rotatable bonds is 6. The zero-order chi connectivity index (χ0) is 15.1. The van der Waals surface area contributed by atoms with Crippen LogP contribution in [0, 0.1) is 17.1 Å². The van der Waals surface area contributed by atoms with Gasteiger partial charge in [0.05, 0.1) is 19.6 Å². The van der Waals surface area contributed by atoms with E-state index in [1.807, 2.05) is 35.2 Å². The summed E-state index contributed by atoms with van der Waals surface area (Å²) in [5, 5.41) is 8.78. The summed E-state index contributed by atoms with van der Waals surface area (Å²) in [6, 6.07) is 16.7. The van der Waals surface area contributed by atoms with Crippen LogP contribution in [0.1, 0.15) is 12.0 Å². The molecule has 0 unspecified atom stereocenters. The SMILES string of the molecule is COc1ccc(CN(CCC#N)c2ccccc2)c(F)c1. The number of methoxy groups -OCH3 is 1. The summed E-state index contributed by atoms with van der Waals surface area (Å²) >= 11 is 0. The van der Waals surface area contributed by atoms with E-state index in [9.17, 15) is 4.39 Å². The van der Waals surface area contributed by atoms with Gasteiger partial charge in [-0.2, -0.15) is 5.26 Å². The van der Waals surface area contributed by atoms with Gasteiger partial charge in [-0.25, -0.2) is 4.39 Å². The fourth-order valence-electron chi connectivity index (χ4n) is 2.11. The lowest BCUT2D eigenvalue weighted by atomic mass is 10.1. The normalized spacial score (nSPS) is 9.95. The van der Waals surface area contributed by atoms with Crippen molar-refractivity contribution in [2.24, 2.45) is 0 Å². The van der Waals surface area contributed by atoms with E-state index in [1.54, 1.807) is 12.1 Å². The monoisotopic (exact) mass is 284 g/mol. The lowest BCUT2D eigenvalue weighted by molar-refractivity contribution is 0.410. The standard InChI is InChI=1S/C17H17FN2O/c1-21-16-9-8-14(17(18)12-16)13-20(11-5-10-19)15-6-3-2-4-7-15/h2-4,6-9,12H,5,11,13H2,1H3. The predicted octanol–water partition coefficient (Wildman–Crippen LogP) is 3.75. The Morgan fingerprint density at radius 2 is 1.95 bits per heavy atom. The summed E-state index contributed by atoms with van der Waals surface area (Å²) in [6.45, 7) is 0.980. The van der Waals surface area contributed by atoms with E-state index >= 15 is 0 Å². The lowest BCUT2D eigenvalue weighted by Gasteiger charge is -2.24. The highest BCUT2D eigenvalue weighted by Gasteiger charge is 2.11. The maximum Gasteiger partial charge on any atom is 0.131 e. The van der Waals surface area contributed by atoms with E-state index in [2.05, 4.69) is 6.07 Å². The molecule has 0 heterocycles. The minimum atomic E-state index is -0.299. The van der Waals surface area contributed by atoms with Gasteiger partial charge in [-0.15, -0.1) is 0 Å². The molecule has 3 nitrogen and oxygen atoms in total. The van der Waals surface area contributed by atoms with Crippen LogP contribution in [0.15, 0.2) is 48.5 Å². The number of anilines is 1. The third kappa shape index (κ3) is 3.96. The minimum Gasteiger partial charge on any atom is -0.497 e. The second-order valence-corrected chi connectivity index (χ2v) is 4.62. The number of nitriles is 1. The molecular weight excluding hydrogens is 267 g/mol. The Hall–Kier alpha value is -2.54. The molecule has 0 aliphatic heterocycles. The number of para-hydroxylation sites is 1. The Kier molecular flexibility index (Phi) is 5.16.